The Morgan fingerprint density at radius 3 is 2.45 bits per heavy atom. The van der Waals surface area contributed by atoms with Crippen molar-refractivity contribution in [1.29, 1.82) is 0 Å². The smallest absolute Gasteiger partial charge is 0.266 e. The predicted octanol–water partition coefficient (Wildman–Crippen LogP) is 6.53. The van der Waals surface area contributed by atoms with Gasteiger partial charge in [0.1, 0.15) is 11.6 Å². The minimum Gasteiger partial charge on any atom is -0.494 e. The van der Waals surface area contributed by atoms with Gasteiger partial charge in [-0.1, -0.05) is 88.7 Å². The SMILES string of the molecule is O=C(NNCc1ccccc1F)[C@@]1(C/C=C/c2ccccc2)N=C(c2ccc(OCCCO)cc2)O[C@H]1c1ccc(Br)cc1. The molecule has 226 valence electrons. The maximum absolute atomic E-state index is 14.3. The summed E-state index contributed by atoms with van der Waals surface area (Å²) in [6.45, 7) is 0.542. The minimum atomic E-state index is -1.40. The molecule has 0 fully saturated rings. The van der Waals surface area contributed by atoms with Gasteiger partial charge in [0.25, 0.3) is 5.91 Å². The maximum Gasteiger partial charge on any atom is 0.266 e. The van der Waals surface area contributed by atoms with E-state index in [-0.39, 0.29) is 25.4 Å². The van der Waals surface area contributed by atoms with Crippen molar-refractivity contribution in [2.45, 2.75) is 31.0 Å². The molecule has 7 nitrogen and oxygen atoms in total. The molecular formula is C35H33BrFN3O4. The van der Waals surface area contributed by atoms with Gasteiger partial charge in [0, 0.05) is 41.6 Å². The molecule has 0 aliphatic carbocycles. The Labute approximate surface area is 264 Å². The molecule has 0 bridgehead atoms. The van der Waals surface area contributed by atoms with Crippen LogP contribution in [0.3, 0.4) is 0 Å². The molecular weight excluding hydrogens is 625 g/mol. The summed E-state index contributed by atoms with van der Waals surface area (Å²) in [5, 5.41) is 9.04. The van der Waals surface area contributed by atoms with E-state index in [2.05, 4.69) is 26.8 Å². The second-order valence-corrected chi connectivity index (χ2v) is 11.2. The van der Waals surface area contributed by atoms with Crippen molar-refractivity contribution in [3.05, 3.63) is 142 Å². The second kappa shape index (κ2) is 14.9. The van der Waals surface area contributed by atoms with Crippen LogP contribution in [0.2, 0.25) is 0 Å². The van der Waals surface area contributed by atoms with Crippen molar-refractivity contribution in [1.82, 2.24) is 10.9 Å². The molecule has 1 aliphatic heterocycles. The Kier molecular flexibility index (Phi) is 10.6. The molecule has 1 aliphatic rings. The fraction of sp³-hybridized carbons (Fsp3) is 0.200. The van der Waals surface area contributed by atoms with Crippen molar-refractivity contribution in [2.24, 2.45) is 4.99 Å². The number of nitrogens with one attached hydrogen (secondary N) is 2. The fourth-order valence-corrected chi connectivity index (χ4v) is 5.13. The van der Waals surface area contributed by atoms with Crippen molar-refractivity contribution in [3.8, 4) is 5.75 Å². The third-order valence-electron chi connectivity index (χ3n) is 7.18. The van der Waals surface area contributed by atoms with E-state index in [9.17, 15) is 9.18 Å². The van der Waals surface area contributed by atoms with Gasteiger partial charge in [-0.25, -0.2) is 14.8 Å². The Bertz CT molecular complexity index is 1600. The molecule has 3 N–H and O–H groups in total. The molecule has 0 aromatic heterocycles. The number of aliphatic hydroxyl groups is 1. The summed E-state index contributed by atoms with van der Waals surface area (Å²) in [7, 11) is 0. The van der Waals surface area contributed by atoms with Crippen LogP contribution in [0.4, 0.5) is 4.39 Å². The summed E-state index contributed by atoms with van der Waals surface area (Å²) in [5.74, 6) is 0.184. The number of halogens is 2. The van der Waals surface area contributed by atoms with Gasteiger partial charge in [0.2, 0.25) is 5.90 Å². The highest BCUT2D eigenvalue weighted by Crippen LogP contribution is 2.43. The normalized spacial score (nSPS) is 17.7. The monoisotopic (exact) mass is 657 g/mol. The van der Waals surface area contributed by atoms with Crippen LogP contribution in [0.25, 0.3) is 6.08 Å². The molecule has 0 saturated carbocycles. The number of nitrogens with zero attached hydrogens (tertiary/aromatic N) is 1. The lowest BCUT2D eigenvalue weighted by atomic mass is 9.84. The highest BCUT2D eigenvalue weighted by atomic mass is 79.9. The zero-order valence-corrected chi connectivity index (χ0v) is 25.5. The number of hydrazine groups is 1. The number of carbonyl (C=O) groups is 1. The van der Waals surface area contributed by atoms with Gasteiger partial charge in [-0.05, 0) is 53.6 Å². The third-order valence-corrected chi connectivity index (χ3v) is 7.71. The van der Waals surface area contributed by atoms with E-state index in [1.807, 2.05) is 78.9 Å². The number of hydrogen-bond donors (Lipinski definition) is 3. The van der Waals surface area contributed by atoms with Crippen LogP contribution in [0.5, 0.6) is 5.75 Å². The topological polar surface area (TPSA) is 92.2 Å². The molecule has 1 heterocycles. The Morgan fingerprint density at radius 1 is 1.00 bits per heavy atom. The number of ether oxygens (including phenoxy) is 2. The molecule has 1 amide bonds. The molecule has 4 aromatic rings. The summed E-state index contributed by atoms with van der Waals surface area (Å²) in [6, 6.07) is 31.1. The van der Waals surface area contributed by atoms with Crippen LogP contribution < -0.4 is 15.6 Å². The largest absolute Gasteiger partial charge is 0.494 e. The Hall–Kier alpha value is -4.31. The fourth-order valence-electron chi connectivity index (χ4n) is 4.86. The number of benzene rings is 4. The maximum atomic E-state index is 14.3. The van der Waals surface area contributed by atoms with Gasteiger partial charge in [0.05, 0.1) is 6.61 Å². The van der Waals surface area contributed by atoms with E-state index in [0.717, 1.165) is 15.6 Å². The lowest BCUT2D eigenvalue weighted by molar-refractivity contribution is -0.129. The summed E-state index contributed by atoms with van der Waals surface area (Å²) in [5.41, 5.74) is 7.14. The van der Waals surface area contributed by atoms with Crippen molar-refractivity contribution in [3.63, 3.8) is 0 Å². The molecule has 44 heavy (non-hydrogen) atoms. The molecule has 2 atom stereocenters. The average Bonchev–Trinajstić information content (AvgIpc) is 3.44. The van der Waals surface area contributed by atoms with Crippen molar-refractivity contribution < 1.29 is 23.8 Å². The zero-order chi connectivity index (χ0) is 30.8. The lowest BCUT2D eigenvalue weighted by Gasteiger charge is -2.30. The molecule has 0 radical (unpaired) electrons. The number of amides is 1. The van der Waals surface area contributed by atoms with E-state index in [0.29, 0.717) is 35.8 Å². The van der Waals surface area contributed by atoms with Crippen molar-refractivity contribution >= 4 is 33.8 Å². The molecule has 0 unspecified atom stereocenters. The van der Waals surface area contributed by atoms with E-state index in [1.54, 1.807) is 30.3 Å². The first kappa shape index (κ1) is 31.1. The van der Waals surface area contributed by atoms with E-state index in [4.69, 9.17) is 19.6 Å². The summed E-state index contributed by atoms with van der Waals surface area (Å²) in [6.07, 6.45) is 3.87. The van der Waals surface area contributed by atoms with Gasteiger partial charge in [-0.2, -0.15) is 0 Å². The van der Waals surface area contributed by atoms with E-state index < -0.39 is 17.6 Å². The van der Waals surface area contributed by atoms with Crippen LogP contribution in [-0.2, 0) is 16.1 Å². The third kappa shape index (κ3) is 7.60. The molecule has 4 aromatic carbocycles. The van der Waals surface area contributed by atoms with Gasteiger partial charge < -0.3 is 14.6 Å². The van der Waals surface area contributed by atoms with Gasteiger partial charge in [-0.3, -0.25) is 10.2 Å². The minimum absolute atomic E-state index is 0.0538. The first-order valence-corrected chi connectivity index (χ1v) is 15.1. The Morgan fingerprint density at radius 2 is 1.73 bits per heavy atom. The summed E-state index contributed by atoms with van der Waals surface area (Å²) < 4.78 is 27.3. The average molecular weight is 659 g/mol. The number of carbonyl (C=O) groups excluding carboxylic acids is 1. The van der Waals surface area contributed by atoms with Crippen LogP contribution in [0.15, 0.2) is 119 Å². The predicted molar refractivity (Wildman–Crippen MR) is 172 cm³/mol. The number of aliphatic imine (C=N–C) groups is 1. The Balaban J connectivity index is 1.49. The molecule has 0 spiro atoms. The first-order valence-electron chi connectivity index (χ1n) is 14.3. The zero-order valence-electron chi connectivity index (χ0n) is 24.0. The number of rotatable bonds is 13. The highest BCUT2D eigenvalue weighted by Gasteiger charge is 2.52. The molecule has 0 saturated heterocycles. The standard InChI is InChI=1S/C35H33BrFN3O4/c36-29-17-13-26(14-18-29)32-35(21-6-10-25-8-2-1-3-9-25,34(42)40-38-24-28-11-4-5-12-31(28)37)39-33(44-32)27-15-19-30(20-16-27)43-23-7-22-41/h1-6,8-20,32,38,41H,7,21-24H2,(H,40,42)/b10-6+/t32-,35-/m0/s1. The molecule has 5 rings (SSSR count). The quantitative estimate of drug-likeness (QED) is 0.112. The molecule has 9 heteroatoms. The van der Waals surface area contributed by atoms with Crippen LogP contribution in [0.1, 0.15) is 41.2 Å². The second-order valence-electron chi connectivity index (χ2n) is 10.3. The van der Waals surface area contributed by atoms with Crippen LogP contribution in [0, 0.1) is 5.82 Å². The van der Waals surface area contributed by atoms with E-state index in [1.165, 1.54) is 6.07 Å². The number of hydrogen-bond acceptors (Lipinski definition) is 6. The summed E-state index contributed by atoms with van der Waals surface area (Å²) >= 11 is 3.49. The van der Waals surface area contributed by atoms with Crippen molar-refractivity contribution in [2.75, 3.05) is 13.2 Å². The van der Waals surface area contributed by atoms with Crippen LogP contribution >= 0.6 is 15.9 Å². The summed E-state index contributed by atoms with van der Waals surface area (Å²) in [4.78, 5) is 19.2. The highest BCUT2D eigenvalue weighted by molar-refractivity contribution is 9.10. The van der Waals surface area contributed by atoms with Gasteiger partial charge >= 0.3 is 0 Å². The van der Waals surface area contributed by atoms with Gasteiger partial charge in [-0.15, -0.1) is 0 Å². The first-order chi connectivity index (χ1) is 21.5. The number of aliphatic hydroxyl groups excluding tert-OH is 1. The van der Waals surface area contributed by atoms with Gasteiger partial charge in [0.15, 0.2) is 11.6 Å². The lowest BCUT2D eigenvalue weighted by Crippen LogP contribution is -2.52. The van der Waals surface area contributed by atoms with E-state index >= 15 is 0 Å². The van der Waals surface area contributed by atoms with Crippen LogP contribution in [-0.4, -0.2) is 35.7 Å².